The highest BCUT2D eigenvalue weighted by molar-refractivity contribution is 7.99. The highest BCUT2D eigenvalue weighted by Crippen LogP contribution is 2.26. The molecule has 15 heavy (non-hydrogen) atoms. The molecule has 2 aromatic heterocycles. The minimum Gasteiger partial charge on any atom is -0.368 e. The number of anilines is 1. The molecule has 0 aliphatic heterocycles. The lowest BCUT2D eigenvalue weighted by molar-refractivity contribution is 0.786. The van der Waals surface area contributed by atoms with Crippen LogP contribution in [-0.2, 0) is 7.05 Å². The monoisotopic (exact) mass is 222 g/mol. The molecule has 2 N–H and O–H groups in total. The smallest absolute Gasteiger partial charge is 0.221 e. The van der Waals surface area contributed by atoms with Gasteiger partial charge in [0.25, 0.3) is 0 Å². The number of aryl methyl sites for hydroxylation is 2. The van der Waals surface area contributed by atoms with Crippen molar-refractivity contribution in [3.63, 3.8) is 0 Å². The summed E-state index contributed by atoms with van der Waals surface area (Å²) in [6.07, 6.45) is 3.34. The van der Waals surface area contributed by atoms with Crippen LogP contribution < -0.4 is 5.73 Å². The SMILES string of the molecule is Cc1cnc(N)nc1Sc1nncn1C. The third-order valence-corrected chi connectivity index (χ3v) is 2.96. The van der Waals surface area contributed by atoms with Crippen LogP contribution in [0.5, 0.6) is 0 Å². The van der Waals surface area contributed by atoms with Gasteiger partial charge in [-0.05, 0) is 18.7 Å². The van der Waals surface area contributed by atoms with Crippen molar-refractivity contribution in [3.05, 3.63) is 18.1 Å². The zero-order chi connectivity index (χ0) is 10.8. The molecule has 78 valence electrons. The first kappa shape index (κ1) is 9.91. The summed E-state index contributed by atoms with van der Waals surface area (Å²) < 4.78 is 1.82. The van der Waals surface area contributed by atoms with Gasteiger partial charge in [0, 0.05) is 18.8 Å². The normalized spacial score (nSPS) is 10.5. The van der Waals surface area contributed by atoms with Crippen LogP contribution in [-0.4, -0.2) is 24.7 Å². The lowest BCUT2D eigenvalue weighted by atomic mass is 10.4. The molecular formula is C8H10N6S. The maximum Gasteiger partial charge on any atom is 0.221 e. The molecule has 0 unspecified atom stereocenters. The minimum atomic E-state index is 0.269. The highest BCUT2D eigenvalue weighted by Gasteiger charge is 2.08. The lowest BCUT2D eigenvalue weighted by Gasteiger charge is -2.03. The third kappa shape index (κ3) is 2.07. The van der Waals surface area contributed by atoms with E-state index in [4.69, 9.17) is 5.73 Å². The van der Waals surface area contributed by atoms with Crippen LogP contribution in [0, 0.1) is 6.92 Å². The Bertz CT molecular complexity index is 480. The van der Waals surface area contributed by atoms with E-state index in [0.717, 1.165) is 15.7 Å². The number of rotatable bonds is 2. The van der Waals surface area contributed by atoms with Gasteiger partial charge in [0.2, 0.25) is 5.95 Å². The number of nitrogen functional groups attached to an aromatic ring is 1. The molecule has 0 aliphatic rings. The summed E-state index contributed by atoms with van der Waals surface area (Å²) >= 11 is 1.42. The molecule has 0 atom stereocenters. The molecule has 6 nitrogen and oxygen atoms in total. The largest absolute Gasteiger partial charge is 0.368 e. The lowest BCUT2D eigenvalue weighted by Crippen LogP contribution is -1.98. The molecular weight excluding hydrogens is 212 g/mol. The second-order valence-electron chi connectivity index (χ2n) is 3.04. The third-order valence-electron chi connectivity index (χ3n) is 1.80. The Morgan fingerprint density at radius 2 is 2.27 bits per heavy atom. The van der Waals surface area contributed by atoms with E-state index in [1.54, 1.807) is 12.5 Å². The molecule has 0 saturated heterocycles. The van der Waals surface area contributed by atoms with E-state index in [9.17, 15) is 0 Å². The number of aromatic nitrogens is 5. The first-order valence-corrected chi connectivity index (χ1v) is 5.09. The van der Waals surface area contributed by atoms with Gasteiger partial charge in [-0.2, -0.15) is 0 Å². The average Bonchev–Trinajstić information content (AvgIpc) is 2.58. The van der Waals surface area contributed by atoms with Crippen molar-refractivity contribution < 1.29 is 0 Å². The van der Waals surface area contributed by atoms with Crippen molar-refractivity contribution in [1.29, 1.82) is 0 Å². The summed E-state index contributed by atoms with van der Waals surface area (Å²) in [6.45, 7) is 1.93. The van der Waals surface area contributed by atoms with Crippen LogP contribution in [0.4, 0.5) is 5.95 Å². The summed E-state index contributed by atoms with van der Waals surface area (Å²) in [5.41, 5.74) is 6.49. The van der Waals surface area contributed by atoms with Gasteiger partial charge in [-0.3, -0.25) is 0 Å². The van der Waals surface area contributed by atoms with Crippen molar-refractivity contribution in [2.24, 2.45) is 7.05 Å². The molecule has 7 heteroatoms. The van der Waals surface area contributed by atoms with Crippen molar-refractivity contribution in [1.82, 2.24) is 24.7 Å². The van der Waals surface area contributed by atoms with E-state index >= 15 is 0 Å². The van der Waals surface area contributed by atoms with E-state index < -0.39 is 0 Å². The molecule has 0 radical (unpaired) electrons. The van der Waals surface area contributed by atoms with Crippen LogP contribution in [0.3, 0.4) is 0 Å². The number of nitrogens with zero attached hydrogens (tertiary/aromatic N) is 5. The Balaban J connectivity index is 2.32. The average molecular weight is 222 g/mol. The van der Waals surface area contributed by atoms with E-state index in [0.29, 0.717) is 0 Å². The minimum absolute atomic E-state index is 0.269. The first-order valence-electron chi connectivity index (χ1n) is 4.28. The van der Waals surface area contributed by atoms with E-state index in [1.807, 2.05) is 18.5 Å². The summed E-state index contributed by atoms with van der Waals surface area (Å²) in [6, 6.07) is 0. The van der Waals surface area contributed by atoms with Gasteiger partial charge in [-0.15, -0.1) is 10.2 Å². The Labute approximate surface area is 90.9 Å². The molecule has 2 rings (SSSR count). The summed E-state index contributed by atoms with van der Waals surface area (Å²) in [7, 11) is 1.88. The highest BCUT2D eigenvalue weighted by atomic mass is 32.2. The zero-order valence-corrected chi connectivity index (χ0v) is 9.19. The van der Waals surface area contributed by atoms with Crippen LogP contribution in [0.25, 0.3) is 0 Å². The Morgan fingerprint density at radius 1 is 1.47 bits per heavy atom. The molecule has 0 fully saturated rings. The Kier molecular flexibility index (Phi) is 2.55. The second-order valence-corrected chi connectivity index (χ2v) is 4.00. The van der Waals surface area contributed by atoms with Gasteiger partial charge in [0.1, 0.15) is 11.4 Å². The van der Waals surface area contributed by atoms with Gasteiger partial charge in [-0.1, -0.05) is 0 Å². The molecule has 2 aromatic rings. The maximum atomic E-state index is 5.52. The fourth-order valence-corrected chi connectivity index (χ4v) is 1.80. The molecule has 0 spiro atoms. The number of hydrogen-bond acceptors (Lipinski definition) is 6. The van der Waals surface area contributed by atoms with Crippen LogP contribution in [0.1, 0.15) is 5.56 Å². The quantitative estimate of drug-likeness (QED) is 0.751. The van der Waals surface area contributed by atoms with Gasteiger partial charge in [0.05, 0.1) is 0 Å². The number of nitrogens with two attached hydrogens (primary N) is 1. The summed E-state index contributed by atoms with van der Waals surface area (Å²) in [5.74, 6) is 0.269. The van der Waals surface area contributed by atoms with Crippen molar-refractivity contribution in [2.75, 3.05) is 5.73 Å². The molecule has 0 amide bonds. The van der Waals surface area contributed by atoms with Gasteiger partial charge in [-0.25, -0.2) is 9.97 Å². The van der Waals surface area contributed by atoms with Gasteiger partial charge >= 0.3 is 0 Å². The van der Waals surface area contributed by atoms with E-state index in [1.165, 1.54) is 11.8 Å². The topological polar surface area (TPSA) is 82.5 Å². The maximum absolute atomic E-state index is 5.52. The van der Waals surface area contributed by atoms with Crippen molar-refractivity contribution in [3.8, 4) is 0 Å². The van der Waals surface area contributed by atoms with Gasteiger partial charge < -0.3 is 10.3 Å². The molecule has 0 aromatic carbocycles. The zero-order valence-electron chi connectivity index (χ0n) is 8.38. The molecule has 0 aliphatic carbocycles. The van der Waals surface area contributed by atoms with E-state index in [2.05, 4.69) is 20.2 Å². The van der Waals surface area contributed by atoms with E-state index in [-0.39, 0.29) is 5.95 Å². The summed E-state index contributed by atoms with van der Waals surface area (Å²) in [4.78, 5) is 8.04. The van der Waals surface area contributed by atoms with Crippen LogP contribution >= 0.6 is 11.8 Å². The predicted molar refractivity (Wildman–Crippen MR) is 56.3 cm³/mol. The van der Waals surface area contributed by atoms with Gasteiger partial charge in [0.15, 0.2) is 5.16 Å². The Hall–Kier alpha value is -1.63. The summed E-state index contributed by atoms with van der Waals surface area (Å²) in [5, 5.41) is 9.32. The fourth-order valence-electron chi connectivity index (χ4n) is 0.994. The van der Waals surface area contributed by atoms with Crippen LogP contribution in [0.2, 0.25) is 0 Å². The predicted octanol–water partition coefficient (Wildman–Crippen LogP) is 0.647. The standard InChI is InChI=1S/C8H10N6S/c1-5-3-10-7(9)12-6(5)15-8-13-11-4-14(8)2/h3-4H,1-2H3,(H2,9,10,12). The number of hydrogen-bond donors (Lipinski definition) is 1. The molecule has 0 bridgehead atoms. The van der Waals surface area contributed by atoms with Crippen molar-refractivity contribution in [2.45, 2.75) is 17.1 Å². The molecule has 0 saturated carbocycles. The fraction of sp³-hybridized carbons (Fsp3) is 0.250. The van der Waals surface area contributed by atoms with Crippen LogP contribution in [0.15, 0.2) is 22.7 Å². The first-order chi connectivity index (χ1) is 7.16. The molecule has 2 heterocycles. The van der Waals surface area contributed by atoms with Crippen molar-refractivity contribution >= 4 is 17.7 Å². The Morgan fingerprint density at radius 3 is 2.93 bits per heavy atom. The second kappa shape index (κ2) is 3.85.